The summed E-state index contributed by atoms with van der Waals surface area (Å²) in [6.45, 7) is 2.02. The Morgan fingerprint density at radius 2 is 1.47 bits per heavy atom. The van der Waals surface area contributed by atoms with Crippen LogP contribution in [-0.4, -0.2) is 19.7 Å². The zero-order valence-electron chi connectivity index (χ0n) is 18.3. The van der Waals surface area contributed by atoms with Crippen molar-refractivity contribution < 1.29 is 20.1 Å². The minimum Gasteiger partial charge on any atom is -0.322 e. The van der Waals surface area contributed by atoms with E-state index in [4.69, 9.17) is 0 Å². The van der Waals surface area contributed by atoms with Crippen LogP contribution < -0.4 is 0 Å². The van der Waals surface area contributed by atoms with Gasteiger partial charge in [-0.2, -0.15) is 5.10 Å². The largest absolute Gasteiger partial charge is 0.322 e. The van der Waals surface area contributed by atoms with Crippen molar-refractivity contribution in [2.75, 3.05) is 0 Å². The molecule has 4 nitrogen and oxygen atoms in total. The van der Waals surface area contributed by atoms with Crippen LogP contribution in [0.25, 0.3) is 49.5 Å². The second kappa shape index (κ2) is 9.43. The SMILES string of the molecule is Cc1nc2c[c-]c(-c3nncn3-c3c(-c4ccccc4)cccc3-c3ccccc3)cc2s1.[Ir]. The van der Waals surface area contributed by atoms with Gasteiger partial charge in [0.1, 0.15) is 6.33 Å². The second-order valence-electron chi connectivity index (χ2n) is 7.79. The monoisotopic (exact) mass is 636 g/mol. The maximum Gasteiger partial charge on any atom is 0.115 e. The molecule has 4 aromatic carbocycles. The summed E-state index contributed by atoms with van der Waals surface area (Å²) in [7, 11) is 0. The first kappa shape index (κ1) is 22.4. The average molecular weight is 636 g/mol. The molecule has 1 radical (unpaired) electrons. The van der Waals surface area contributed by atoms with Gasteiger partial charge in [0.25, 0.3) is 0 Å². The molecule has 2 heterocycles. The van der Waals surface area contributed by atoms with E-state index in [1.165, 1.54) is 0 Å². The van der Waals surface area contributed by atoms with Crippen LogP contribution in [0.4, 0.5) is 0 Å². The van der Waals surface area contributed by atoms with Crippen molar-refractivity contribution in [2.45, 2.75) is 6.92 Å². The van der Waals surface area contributed by atoms with E-state index in [0.29, 0.717) is 0 Å². The molecule has 0 spiro atoms. The molecule has 0 aliphatic carbocycles. The summed E-state index contributed by atoms with van der Waals surface area (Å²) in [6, 6.07) is 34.7. The van der Waals surface area contributed by atoms with E-state index in [1.54, 1.807) is 17.7 Å². The van der Waals surface area contributed by atoms with Crippen molar-refractivity contribution in [3.63, 3.8) is 0 Å². The molecule has 0 unspecified atom stereocenters. The zero-order chi connectivity index (χ0) is 22.2. The van der Waals surface area contributed by atoms with Crippen molar-refractivity contribution in [3.8, 4) is 39.3 Å². The molecular weight excluding hydrogens is 617 g/mol. The summed E-state index contributed by atoms with van der Waals surface area (Å²) in [6.07, 6.45) is 1.79. The number of rotatable bonds is 4. The van der Waals surface area contributed by atoms with Gasteiger partial charge in [0, 0.05) is 31.2 Å². The summed E-state index contributed by atoms with van der Waals surface area (Å²) in [5.74, 6) is 0.753. The minimum atomic E-state index is 0. The molecule has 0 fully saturated rings. The molecule has 0 aliphatic rings. The van der Waals surface area contributed by atoms with Gasteiger partial charge in [0.15, 0.2) is 0 Å². The third kappa shape index (κ3) is 4.01. The Balaban J connectivity index is 0.00000241. The topological polar surface area (TPSA) is 43.6 Å². The van der Waals surface area contributed by atoms with Crippen LogP contribution in [-0.2, 0) is 20.1 Å². The molecule has 0 aliphatic heterocycles. The van der Waals surface area contributed by atoms with Crippen molar-refractivity contribution in [3.05, 3.63) is 108 Å². The van der Waals surface area contributed by atoms with E-state index in [9.17, 15) is 0 Å². The molecule has 6 heteroatoms. The first-order chi connectivity index (χ1) is 16.3. The number of benzene rings is 4. The predicted octanol–water partition coefficient (Wildman–Crippen LogP) is 6.98. The Morgan fingerprint density at radius 1 is 0.824 bits per heavy atom. The van der Waals surface area contributed by atoms with Crippen LogP contribution in [0.3, 0.4) is 0 Å². The van der Waals surface area contributed by atoms with E-state index in [-0.39, 0.29) is 20.1 Å². The van der Waals surface area contributed by atoms with Crippen molar-refractivity contribution >= 4 is 21.6 Å². The van der Waals surface area contributed by atoms with Gasteiger partial charge in [-0.15, -0.1) is 40.2 Å². The zero-order valence-corrected chi connectivity index (χ0v) is 21.5. The first-order valence-electron chi connectivity index (χ1n) is 10.7. The molecule has 167 valence electrons. The van der Waals surface area contributed by atoms with Gasteiger partial charge in [-0.3, -0.25) is 4.98 Å². The fourth-order valence-electron chi connectivity index (χ4n) is 4.20. The molecule has 6 rings (SSSR count). The molecule has 2 aromatic heterocycles. The quantitative estimate of drug-likeness (QED) is 0.196. The molecule has 0 atom stereocenters. The van der Waals surface area contributed by atoms with E-state index < -0.39 is 0 Å². The number of hydrogen-bond donors (Lipinski definition) is 0. The fourth-order valence-corrected chi connectivity index (χ4v) is 5.05. The molecule has 6 aromatic rings. The second-order valence-corrected chi connectivity index (χ2v) is 9.02. The molecule has 0 saturated carbocycles. The van der Waals surface area contributed by atoms with E-state index in [2.05, 4.69) is 98.6 Å². The van der Waals surface area contributed by atoms with E-state index >= 15 is 0 Å². The van der Waals surface area contributed by atoms with Crippen molar-refractivity contribution in [1.29, 1.82) is 0 Å². The standard InChI is InChI=1S/C28H19N4S.Ir/c1-19-30-25-16-15-22(17-26(25)33-19)28-31-29-18-32(28)27-23(20-9-4-2-5-10-20)13-8-14-24(27)21-11-6-3-7-12-21;/h2-14,16-18H,1H3;/q-1;. The van der Waals surface area contributed by atoms with Gasteiger partial charge in [-0.1, -0.05) is 78.9 Å². The summed E-state index contributed by atoms with van der Waals surface area (Å²) in [5.41, 5.74) is 7.42. The average Bonchev–Trinajstić information content (AvgIpc) is 3.50. The summed E-state index contributed by atoms with van der Waals surface area (Å²) in [5, 5.41) is 9.86. The maximum atomic E-state index is 4.57. The van der Waals surface area contributed by atoms with Crippen LogP contribution >= 0.6 is 11.3 Å². The Kier molecular flexibility index (Phi) is 6.20. The van der Waals surface area contributed by atoms with Crippen LogP contribution in [0.2, 0.25) is 0 Å². The Morgan fingerprint density at radius 3 is 2.12 bits per heavy atom. The predicted molar refractivity (Wildman–Crippen MR) is 134 cm³/mol. The van der Waals surface area contributed by atoms with Crippen LogP contribution in [0.1, 0.15) is 5.01 Å². The summed E-state index contributed by atoms with van der Waals surface area (Å²) >= 11 is 1.68. The third-order valence-corrected chi connectivity index (χ3v) is 6.60. The molecule has 0 bridgehead atoms. The molecular formula is C28H19IrN4S-. The third-order valence-electron chi connectivity index (χ3n) is 5.66. The minimum absolute atomic E-state index is 0. The Labute approximate surface area is 215 Å². The fraction of sp³-hybridized carbons (Fsp3) is 0.0357. The Hall–Kier alpha value is -3.44. The van der Waals surface area contributed by atoms with Gasteiger partial charge in [-0.05, 0) is 28.3 Å². The molecule has 0 N–H and O–H groups in total. The number of hydrogen-bond acceptors (Lipinski definition) is 4. The smallest absolute Gasteiger partial charge is 0.115 e. The number of fused-ring (bicyclic) bond motifs is 1. The number of aromatic nitrogens is 4. The van der Waals surface area contributed by atoms with Crippen LogP contribution in [0.5, 0.6) is 0 Å². The number of aryl methyl sites for hydroxylation is 1. The summed E-state index contributed by atoms with van der Waals surface area (Å²) < 4.78 is 3.20. The number of thiazole rings is 1. The number of para-hydroxylation sites is 1. The molecule has 0 amide bonds. The van der Waals surface area contributed by atoms with Crippen LogP contribution in [0, 0.1) is 13.0 Å². The first-order valence-corrected chi connectivity index (χ1v) is 11.5. The number of nitrogens with zero attached hydrogens (tertiary/aromatic N) is 4. The molecule has 34 heavy (non-hydrogen) atoms. The van der Waals surface area contributed by atoms with Crippen molar-refractivity contribution in [1.82, 2.24) is 19.7 Å². The maximum absolute atomic E-state index is 4.57. The van der Waals surface area contributed by atoms with Crippen molar-refractivity contribution in [2.24, 2.45) is 0 Å². The normalized spacial score (nSPS) is 10.9. The van der Waals surface area contributed by atoms with E-state index in [1.807, 2.05) is 25.1 Å². The van der Waals surface area contributed by atoms with Gasteiger partial charge < -0.3 is 4.57 Å². The van der Waals surface area contributed by atoms with Gasteiger partial charge in [0.05, 0.1) is 16.5 Å². The summed E-state index contributed by atoms with van der Waals surface area (Å²) in [4.78, 5) is 4.57. The van der Waals surface area contributed by atoms with Crippen LogP contribution in [0.15, 0.2) is 97.3 Å². The van der Waals surface area contributed by atoms with Gasteiger partial charge in [-0.25, -0.2) is 0 Å². The van der Waals surface area contributed by atoms with E-state index in [0.717, 1.165) is 54.6 Å². The Bertz CT molecular complexity index is 1510. The van der Waals surface area contributed by atoms with Gasteiger partial charge >= 0.3 is 0 Å². The molecule has 0 saturated heterocycles. The van der Waals surface area contributed by atoms with Gasteiger partial charge in [0.2, 0.25) is 0 Å².